The van der Waals surface area contributed by atoms with Crippen LogP contribution >= 0.6 is 12.2 Å². The van der Waals surface area contributed by atoms with Crippen molar-refractivity contribution < 1.29 is 9.90 Å². The Kier molecular flexibility index (Phi) is 7.00. The van der Waals surface area contributed by atoms with Gasteiger partial charge in [-0.3, -0.25) is 4.98 Å². The minimum atomic E-state index is -0.933. The summed E-state index contributed by atoms with van der Waals surface area (Å²) < 4.78 is 2.12. The fourth-order valence-electron chi connectivity index (χ4n) is 4.80. The van der Waals surface area contributed by atoms with E-state index in [-0.39, 0.29) is 17.6 Å². The molecule has 0 spiro atoms. The van der Waals surface area contributed by atoms with Crippen LogP contribution in [0.2, 0.25) is 0 Å². The van der Waals surface area contributed by atoms with Crippen LogP contribution in [-0.2, 0) is 0 Å². The van der Waals surface area contributed by atoms with E-state index in [0.717, 1.165) is 53.0 Å². The van der Waals surface area contributed by atoms with Gasteiger partial charge < -0.3 is 24.8 Å². The van der Waals surface area contributed by atoms with Crippen LogP contribution in [0.1, 0.15) is 51.5 Å². The molecule has 4 rings (SSSR count). The number of carboxylic acids is 1. The van der Waals surface area contributed by atoms with E-state index in [2.05, 4.69) is 58.7 Å². The van der Waals surface area contributed by atoms with Crippen LogP contribution in [0.3, 0.4) is 0 Å². The molecule has 7 nitrogen and oxygen atoms in total. The highest BCUT2D eigenvalue weighted by molar-refractivity contribution is 7.80. The summed E-state index contributed by atoms with van der Waals surface area (Å²) in [5, 5.41) is 13.7. The smallest absolute Gasteiger partial charge is 0.335 e. The molecule has 0 amide bonds. The number of hydrogen-bond donors (Lipinski definition) is 2. The lowest BCUT2D eigenvalue weighted by Crippen LogP contribution is -2.32. The molecular weight excluding hydrogens is 446 g/mol. The molecule has 3 heterocycles. The molecule has 0 unspecified atom stereocenters. The zero-order valence-electron chi connectivity index (χ0n) is 20.0. The first-order valence-corrected chi connectivity index (χ1v) is 11.8. The standard InChI is InChI=1S/C26H31N5O2S/c1-17-15-21(18(2)31(17)20-10-7-9-19(16-20)25(32)33)24-23(22-11-5-6-12-27-22)28-26(34)30(24)14-8-13-29(3)4/h5-7,9-12,15-16,23-24H,8,13-14H2,1-4H3,(H,28,34)(H,32,33)/t23-,24+/m0/s1. The number of pyridine rings is 1. The second kappa shape index (κ2) is 9.95. The molecule has 3 aromatic rings. The Hall–Kier alpha value is -3.23. The number of benzene rings is 1. The summed E-state index contributed by atoms with van der Waals surface area (Å²) in [6.45, 7) is 5.94. The predicted octanol–water partition coefficient (Wildman–Crippen LogP) is 4.11. The number of nitrogens with one attached hydrogen (secondary N) is 1. The number of aromatic carboxylic acids is 1. The van der Waals surface area contributed by atoms with E-state index in [0.29, 0.717) is 0 Å². The molecule has 2 atom stereocenters. The highest BCUT2D eigenvalue weighted by Gasteiger charge is 2.41. The van der Waals surface area contributed by atoms with Gasteiger partial charge in [-0.2, -0.15) is 0 Å². The molecule has 8 heteroatoms. The summed E-state index contributed by atoms with van der Waals surface area (Å²) in [5.74, 6) is -0.933. The molecule has 1 fully saturated rings. The van der Waals surface area contributed by atoms with Crippen LogP contribution in [-0.4, -0.2) is 62.7 Å². The quantitative estimate of drug-likeness (QED) is 0.473. The molecule has 0 radical (unpaired) electrons. The van der Waals surface area contributed by atoms with Gasteiger partial charge in [0.2, 0.25) is 0 Å². The Bertz CT molecular complexity index is 1190. The van der Waals surface area contributed by atoms with Crippen LogP contribution in [0.25, 0.3) is 5.69 Å². The summed E-state index contributed by atoms with van der Waals surface area (Å²) in [4.78, 5) is 20.6. The number of rotatable bonds is 8. The number of aryl methyl sites for hydroxylation is 1. The number of carboxylic acid groups (broad SMARTS) is 1. The van der Waals surface area contributed by atoms with Crippen molar-refractivity contribution in [2.45, 2.75) is 32.4 Å². The number of thiocarbonyl (C=S) groups is 1. The third-order valence-corrected chi connectivity index (χ3v) is 6.69. The fourth-order valence-corrected chi connectivity index (χ4v) is 5.14. The number of aromatic nitrogens is 2. The summed E-state index contributed by atoms with van der Waals surface area (Å²) in [6.07, 6.45) is 2.80. The van der Waals surface area contributed by atoms with Gasteiger partial charge in [-0.15, -0.1) is 0 Å². The van der Waals surface area contributed by atoms with E-state index in [9.17, 15) is 9.90 Å². The second-order valence-electron chi connectivity index (χ2n) is 8.99. The maximum atomic E-state index is 11.5. The van der Waals surface area contributed by atoms with E-state index in [1.807, 2.05) is 30.5 Å². The maximum absolute atomic E-state index is 11.5. The zero-order chi connectivity index (χ0) is 24.4. The van der Waals surface area contributed by atoms with Crippen molar-refractivity contribution in [1.29, 1.82) is 0 Å². The molecular formula is C26H31N5O2S. The maximum Gasteiger partial charge on any atom is 0.335 e. The van der Waals surface area contributed by atoms with Gasteiger partial charge in [0.15, 0.2) is 5.11 Å². The normalized spacial score (nSPS) is 17.9. The first-order valence-electron chi connectivity index (χ1n) is 11.4. The molecule has 1 aliphatic rings. The van der Waals surface area contributed by atoms with Gasteiger partial charge in [-0.25, -0.2) is 4.79 Å². The molecule has 0 bridgehead atoms. The average molecular weight is 478 g/mol. The monoisotopic (exact) mass is 477 g/mol. The second-order valence-corrected chi connectivity index (χ2v) is 9.38. The van der Waals surface area contributed by atoms with Gasteiger partial charge in [0, 0.05) is 29.8 Å². The molecule has 1 aromatic carbocycles. The zero-order valence-corrected chi connectivity index (χ0v) is 20.8. The molecule has 2 N–H and O–H groups in total. The van der Waals surface area contributed by atoms with Gasteiger partial charge in [0.25, 0.3) is 0 Å². The lowest BCUT2D eigenvalue weighted by molar-refractivity contribution is 0.0697. The molecule has 1 saturated heterocycles. The molecule has 178 valence electrons. The Morgan fingerprint density at radius 3 is 2.65 bits per heavy atom. The minimum absolute atomic E-state index is 0.0211. The van der Waals surface area contributed by atoms with E-state index < -0.39 is 5.97 Å². The van der Waals surface area contributed by atoms with Crippen molar-refractivity contribution in [3.05, 3.63) is 82.9 Å². The molecule has 0 saturated carbocycles. The van der Waals surface area contributed by atoms with E-state index in [1.165, 1.54) is 0 Å². The average Bonchev–Trinajstić information content (AvgIpc) is 3.29. The fraction of sp³-hybridized carbons (Fsp3) is 0.346. The van der Waals surface area contributed by atoms with Crippen LogP contribution < -0.4 is 5.32 Å². The lowest BCUT2D eigenvalue weighted by Gasteiger charge is -2.28. The third kappa shape index (κ3) is 4.69. The van der Waals surface area contributed by atoms with E-state index in [4.69, 9.17) is 12.2 Å². The van der Waals surface area contributed by atoms with Gasteiger partial charge in [-0.05, 0) is 95.1 Å². The third-order valence-electron chi connectivity index (χ3n) is 6.34. The summed E-state index contributed by atoms with van der Waals surface area (Å²) in [7, 11) is 4.15. The molecule has 34 heavy (non-hydrogen) atoms. The van der Waals surface area contributed by atoms with Gasteiger partial charge in [0.1, 0.15) is 0 Å². The molecule has 2 aromatic heterocycles. The first kappa shape index (κ1) is 23.9. The number of hydrogen-bond acceptors (Lipinski definition) is 4. The van der Waals surface area contributed by atoms with Crippen molar-refractivity contribution in [3.8, 4) is 5.69 Å². The number of carbonyl (C=O) groups is 1. The first-order chi connectivity index (χ1) is 16.3. The summed E-state index contributed by atoms with van der Waals surface area (Å²) in [6, 6.07) is 15.1. The summed E-state index contributed by atoms with van der Waals surface area (Å²) >= 11 is 5.80. The van der Waals surface area contributed by atoms with Gasteiger partial charge >= 0.3 is 5.97 Å². The Balaban J connectivity index is 1.78. The largest absolute Gasteiger partial charge is 0.478 e. The van der Waals surface area contributed by atoms with Crippen molar-refractivity contribution in [3.63, 3.8) is 0 Å². The van der Waals surface area contributed by atoms with Crippen LogP contribution in [0.4, 0.5) is 0 Å². The molecule has 0 aliphatic carbocycles. The van der Waals surface area contributed by atoms with E-state index >= 15 is 0 Å². The van der Waals surface area contributed by atoms with E-state index in [1.54, 1.807) is 18.2 Å². The Labute approximate surface area is 206 Å². The van der Waals surface area contributed by atoms with Crippen LogP contribution in [0, 0.1) is 13.8 Å². The predicted molar refractivity (Wildman–Crippen MR) is 138 cm³/mol. The lowest BCUT2D eigenvalue weighted by atomic mass is 9.96. The highest BCUT2D eigenvalue weighted by atomic mass is 32.1. The Morgan fingerprint density at radius 2 is 1.97 bits per heavy atom. The van der Waals surface area contributed by atoms with Crippen molar-refractivity contribution in [2.75, 3.05) is 27.2 Å². The Morgan fingerprint density at radius 1 is 1.18 bits per heavy atom. The van der Waals surface area contributed by atoms with Crippen molar-refractivity contribution >= 4 is 23.3 Å². The van der Waals surface area contributed by atoms with Gasteiger partial charge in [0.05, 0.1) is 23.3 Å². The van der Waals surface area contributed by atoms with Gasteiger partial charge in [-0.1, -0.05) is 12.1 Å². The topological polar surface area (TPSA) is 73.6 Å². The highest BCUT2D eigenvalue weighted by Crippen LogP contribution is 2.41. The number of nitrogens with zero attached hydrogens (tertiary/aromatic N) is 4. The van der Waals surface area contributed by atoms with Crippen molar-refractivity contribution in [2.24, 2.45) is 0 Å². The van der Waals surface area contributed by atoms with Crippen LogP contribution in [0.15, 0.2) is 54.7 Å². The SMILES string of the molecule is Cc1cc([C@@H]2[C@H](c3ccccn3)NC(=S)N2CCCN(C)C)c(C)n1-c1cccc(C(=O)O)c1. The van der Waals surface area contributed by atoms with Crippen molar-refractivity contribution in [1.82, 2.24) is 24.7 Å². The molecule has 1 aliphatic heterocycles. The van der Waals surface area contributed by atoms with Crippen LogP contribution in [0.5, 0.6) is 0 Å². The summed E-state index contributed by atoms with van der Waals surface area (Å²) in [5.41, 5.74) is 5.32. The minimum Gasteiger partial charge on any atom is -0.478 e.